The summed E-state index contributed by atoms with van der Waals surface area (Å²) in [5.74, 6) is 1.78. The minimum Gasteiger partial charge on any atom is -1.00 e. The zero-order valence-corrected chi connectivity index (χ0v) is 36.0. The number of hydrogen-bond acceptors (Lipinski definition) is 14. The SMILES string of the molecule is COc1cc(C)c(N=Nc2ccc([N+](=O)[O-])cc2)cc1C.COc1cc(C)ccc1C.N#[N+]c1ccc([N+](=O)[O-])cc1.O=N[O-].[Cl-].[Cl-].[NH3+]c1ccc([N+](=O)[O-])cc1.[Na+]. The molecule has 0 aromatic heterocycles. The zero-order valence-electron chi connectivity index (χ0n) is 32.4. The third-order valence-electron chi connectivity index (χ3n) is 6.93. The summed E-state index contributed by atoms with van der Waals surface area (Å²) in [6.45, 7) is 7.95. The van der Waals surface area contributed by atoms with Crippen molar-refractivity contribution in [2.24, 2.45) is 15.6 Å². The van der Waals surface area contributed by atoms with E-state index in [0.29, 0.717) is 11.4 Å². The summed E-state index contributed by atoms with van der Waals surface area (Å²) in [6, 6.07) is 27.3. The zero-order chi connectivity index (χ0) is 41.5. The van der Waals surface area contributed by atoms with E-state index in [4.69, 9.17) is 25.0 Å². The summed E-state index contributed by atoms with van der Waals surface area (Å²) < 4.78 is 10.4. The summed E-state index contributed by atoms with van der Waals surface area (Å²) in [4.78, 5) is 40.2. The van der Waals surface area contributed by atoms with E-state index in [9.17, 15) is 30.3 Å². The predicted molar refractivity (Wildman–Crippen MR) is 205 cm³/mol. The molecule has 0 fully saturated rings. The van der Waals surface area contributed by atoms with Gasteiger partial charge in [-0.15, -0.1) is 5.34 Å². The number of nitro groups is 3. The maximum atomic E-state index is 10.6. The fourth-order valence-electron chi connectivity index (χ4n) is 4.04. The van der Waals surface area contributed by atoms with Crippen LogP contribution in [0.15, 0.2) is 119 Å². The van der Waals surface area contributed by atoms with Gasteiger partial charge in [0.2, 0.25) is 5.39 Å². The van der Waals surface area contributed by atoms with Crippen LogP contribution in [0, 0.1) is 73.5 Å². The fraction of sp³-hybridized carbons (Fsp3) is 0.167. The van der Waals surface area contributed by atoms with Gasteiger partial charge in [-0.2, -0.15) is 10.2 Å². The first-order valence-corrected chi connectivity index (χ1v) is 15.6. The molecule has 0 aliphatic heterocycles. The smallest absolute Gasteiger partial charge is 1.00 e. The van der Waals surface area contributed by atoms with Gasteiger partial charge in [0, 0.05) is 60.7 Å². The Labute approximate surface area is 367 Å². The number of diazo groups is 1. The van der Waals surface area contributed by atoms with E-state index in [0.717, 1.165) is 39.3 Å². The van der Waals surface area contributed by atoms with E-state index >= 15 is 0 Å². The van der Waals surface area contributed by atoms with E-state index < -0.39 is 14.8 Å². The molecular weight excluding hydrogens is 812 g/mol. The van der Waals surface area contributed by atoms with Gasteiger partial charge in [0.15, 0.2) is 4.98 Å². The van der Waals surface area contributed by atoms with Crippen molar-refractivity contribution < 1.29 is 84.3 Å². The standard InChI is InChI=1S/C15H15N3O3.C9H12O.C6H4N3O2.C6H6N2O2.2ClH.HNO2.Na/c1-10-9-15(21-3)11(2)8-14(10)17-16-12-4-6-13(7-5-12)18(19)20;1-7-4-5-8(2)9(6-7)10-3;7-8-5-1-3-6(4-2-5)9(10)11;7-5-1-3-6(4-2-5)8(9)10;;;2-1-3;/h4-9H,1-3H3;4-6H,1-3H3;1-4H;1-4H,7H2;2*1H;(H,2,3);/q;;+1;;;;;+1/p-2. The Morgan fingerprint density at radius 3 is 1.43 bits per heavy atom. The van der Waals surface area contributed by atoms with Crippen LogP contribution < -0.4 is 69.6 Å². The second kappa shape index (κ2) is 30.1. The summed E-state index contributed by atoms with van der Waals surface area (Å²) in [6.07, 6.45) is 0. The summed E-state index contributed by atoms with van der Waals surface area (Å²) in [7, 11) is 3.32. The molecule has 0 radical (unpaired) electrons. The minimum atomic E-state index is -0.513. The predicted octanol–water partition coefficient (Wildman–Crippen LogP) is 0.758. The molecular formula is C36H38Cl2N9NaO10. The molecule has 0 bridgehead atoms. The van der Waals surface area contributed by atoms with Gasteiger partial charge in [-0.3, -0.25) is 30.3 Å². The molecule has 58 heavy (non-hydrogen) atoms. The number of nitrogens with zero attached hydrogens (tertiary/aromatic N) is 8. The first-order chi connectivity index (χ1) is 26.1. The van der Waals surface area contributed by atoms with Gasteiger partial charge in [-0.1, -0.05) is 12.1 Å². The van der Waals surface area contributed by atoms with Crippen molar-refractivity contribution in [3.8, 4) is 11.5 Å². The number of aryl methyl sites for hydroxylation is 4. The Morgan fingerprint density at radius 1 is 0.621 bits per heavy atom. The Bertz CT molecular complexity index is 2120. The average molecular weight is 851 g/mol. The number of azo groups is 1. The maximum absolute atomic E-state index is 10.6. The Morgan fingerprint density at radius 2 is 1.03 bits per heavy atom. The molecule has 0 saturated heterocycles. The second-order valence-corrected chi connectivity index (χ2v) is 10.9. The monoisotopic (exact) mass is 849 g/mol. The van der Waals surface area contributed by atoms with Crippen LogP contribution in [0.25, 0.3) is 4.98 Å². The van der Waals surface area contributed by atoms with Crippen LogP contribution >= 0.6 is 0 Å². The van der Waals surface area contributed by atoms with Crippen LogP contribution in [0.4, 0.5) is 39.8 Å². The topological polar surface area (TPSA) is 281 Å². The van der Waals surface area contributed by atoms with Gasteiger partial charge < -0.3 is 50.1 Å². The number of ether oxygens (including phenoxy) is 2. The van der Waals surface area contributed by atoms with E-state index in [1.165, 1.54) is 59.7 Å². The van der Waals surface area contributed by atoms with Crippen molar-refractivity contribution in [1.29, 1.82) is 5.39 Å². The number of halogens is 2. The van der Waals surface area contributed by atoms with Gasteiger partial charge >= 0.3 is 35.2 Å². The molecule has 22 heteroatoms. The van der Waals surface area contributed by atoms with Gasteiger partial charge in [-0.05, 0) is 80.3 Å². The van der Waals surface area contributed by atoms with Gasteiger partial charge in [0.25, 0.3) is 17.1 Å². The Balaban J connectivity index is -0.000000705. The van der Waals surface area contributed by atoms with E-state index in [2.05, 4.69) is 40.0 Å². The van der Waals surface area contributed by atoms with Crippen molar-refractivity contribution in [1.82, 2.24) is 0 Å². The van der Waals surface area contributed by atoms with Crippen molar-refractivity contribution in [3.05, 3.63) is 171 Å². The molecule has 5 rings (SSSR count). The molecule has 5 aromatic carbocycles. The molecule has 0 aliphatic carbocycles. The third kappa shape index (κ3) is 20.7. The maximum Gasteiger partial charge on any atom is 1.00 e. The normalized spacial score (nSPS) is 9.00. The van der Waals surface area contributed by atoms with E-state index in [1.54, 1.807) is 38.5 Å². The molecule has 0 spiro atoms. The largest absolute Gasteiger partial charge is 1.00 e. The molecule has 0 heterocycles. The Kier molecular flexibility index (Phi) is 29.1. The Hall–Kier alpha value is -6.14. The molecule has 19 nitrogen and oxygen atoms in total. The number of quaternary nitrogens is 1. The van der Waals surface area contributed by atoms with E-state index in [1.807, 2.05) is 39.0 Å². The second-order valence-electron chi connectivity index (χ2n) is 10.9. The molecule has 0 amide bonds. The molecule has 5 aromatic rings. The quantitative estimate of drug-likeness (QED) is 0.0596. The first-order valence-electron chi connectivity index (χ1n) is 15.6. The summed E-state index contributed by atoms with van der Waals surface area (Å²) >= 11 is 0. The number of hydrogen-bond donors (Lipinski definition) is 1. The van der Waals surface area contributed by atoms with E-state index in [-0.39, 0.29) is 71.4 Å². The van der Waals surface area contributed by atoms with Crippen molar-refractivity contribution in [3.63, 3.8) is 0 Å². The summed E-state index contributed by atoms with van der Waals surface area (Å²) in [5, 5.41) is 56.3. The van der Waals surface area contributed by atoms with Crippen molar-refractivity contribution in [2.45, 2.75) is 27.7 Å². The molecule has 0 saturated carbocycles. The molecule has 0 atom stereocenters. The van der Waals surface area contributed by atoms with Gasteiger partial charge in [0.1, 0.15) is 17.2 Å². The number of benzene rings is 5. The molecule has 302 valence electrons. The van der Waals surface area contributed by atoms with Crippen molar-refractivity contribution >= 4 is 39.8 Å². The van der Waals surface area contributed by atoms with Crippen LogP contribution in [0.3, 0.4) is 0 Å². The number of rotatable bonds is 7. The summed E-state index contributed by atoms with van der Waals surface area (Å²) in [5.41, 5.74) is 10.5. The molecule has 0 unspecified atom stereocenters. The number of nitro benzene ring substituents is 3. The minimum absolute atomic E-state index is 0. The van der Waals surface area contributed by atoms with Gasteiger partial charge in [-0.25, -0.2) is 0 Å². The molecule has 3 N–H and O–H groups in total. The van der Waals surface area contributed by atoms with Gasteiger partial charge in [0.05, 0.1) is 40.4 Å². The molecule has 0 aliphatic rings. The van der Waals surface area contributed by atoms with Crippen LogP contribution in [0.1, 0.15) is 22.3 Å². The van der Waals surface area contributed by atoms with Crippen LogP contribution in [-0.4, -0.2) is 29.0 Å². The first kappa shape index (κ1) is 56.2. The fourth-order valence-corrected chi connectivity index (χ4v) is 4.04. The van der Waals surface area contributed by atoms with Crippen LogP contribution in [-0.2, 0) is 0 Å². The van der Waals surface area contributed by atoms with Crippen molar-refractivity contribution in [2.75, 3.05) is 14.2 Å². The van der Waals surface area contributed by atoms with Crippen LogP contribution in [0.5, 0.6) is 11.5 Å². The van der Waals surface area contributed by atoms with Crippen LogP contribution in [0.2, 0.25) is 0 Å². The average Bonchev–Trinajstić information content (AvgIpc) is 3.17. The number of methoxy groups -OCH3 is 2. The third-order valence-corrected chi connectivity index (χ3v) is 6.93. The number of non-ortho nitro benzene ring substituents is 3.